The molecule has 1 heterocycles. The molecule has 2 unspecified atom stereocenters. The third-order valence-corrected chi connectivity index (χ3v) is 4.20. The van der Waals surface area contributed by atoms with Gasteiger partial charge in [0.05, 0.1) is 11.0 Å². The Morgan fingerprint density at radius 2 is 1.90 bits per heavy atom. The Hall–Kier alpha value is -2.13. The zero-order valence-corrected chi connectivity index (χ0v) is 11.2. The van der Waals surface area contributed by atoms with Crippen molar-refractivity contribution in [3.05, 3.63) is 65.5 Å². The van der Waals surface area contributed by atoms with Crippen molar-refractivity contribution in [3.8, 4) is 0 Å². The SMILES string of the molecule is NCc1cccc2[nH]c(C3CC3c3ccccc3)nc12. The maximum Gasteiger partial charge on any atom is 0.111 e. The van der Waals surface area contributed by atoms with Crippen LogP contribution in [0.2, 0.25) is 0 Å². The van der Waals surface area contributed by atoms with Gasteiger partial charge in [-0.05, 0) is 29.5 Å². The lowest BCUT2D eigenvalue weighted by Gasteiger charge is -1.97. The number of hydrogen-bond acceptors (Lipinski definition) is 2. The number of nitrogens with zero attached hydrogens (tertiary/aromatic N) is 1. The first kappa shape index (κ1) is 11.7. The molecule has 1 fully saturated rings. The smallest absolute Gasteiger partial charge is 0.111 e. The van der Waals surface area contributed by atoms with Gasteiger partial charge in [-0.3, -0.25) is 0 Å². The second kappa shape index (κ2) is 4.46. The van der Waals surface area contributed by atoms with Crippen LogP contribution in [0.25, 0.3) is 11.0 Å². The zero-order chi connectivity index (χ0) is 13.5. The number of imidazole rings is 1. The number of rotatable bonds is 3. The van der Waals surface area contributed by atoms with Gasteiger partial charge in [-0.15, -0.1) is 0 Å². The fraction of sp³-hybridized carbons (Fsp3) is 0.235. The Balaban J connectivity index is 1.68. The second-order valence-electron chi connectivity index (χ2n) is 5.50. The minimum absolute atomic E-state index is 0.524. The fourth-order valence-electron chi connectivity index (χ4n) is 3.02. The first-order valence-electron chi connectivity index (χ1n) is 7.09. The van der Waals surface area contributed by atoms with Crippen LogP contribution >= 0.6 is 0 Å². The lowest BCUT2D eigenvalue weighted by Crippen LogP contribution is -1.96. The second-order valence-corrected chi connectivity index (χ2v) is 5.50. The molecule has 4 rings (SSSR count). The lowest BCUT2D eigenvalue weighted by molar-refractivity contribution is 0.936. The van der Waals surface area contributed by atoms with E-state index in [1.807, 2.05) is 6.07 Å². The number of nitrogens with two attached hydrogens (primary N) is 1. The van der Waals surface area contributed by atoms with Gasteiger partial charge < -0.3 is 10.7 Å². The molecule has 0 amide bonds. The molecule has 0 bridgehead atoms. The minimum Gasteiger partial charge on any atom is -0.342 e. The fourth-order valence-corrected chi connectivity index (χ4v) is 3.02. The molecule has 0 radical (unpaired) electrons. The number of nitrogens with one attached hydrogen (secondary N) is 1. The van der Waals surface area contributed by atoms with Crippen molar-refractivity contribution in [2.24, 2.45) is 5.73 Å². The predicted molar refractivity (Wildman–Crippen MR) is 80.5 cm³/mol. The van der Waals surface area contributed by atoms with Crippen LogP contribution in [-0.2, 0) is 6.54 Å². The molecule has 2 aromatic carbocycles. The summed E-state index contributed by atoms with van der Waals surface area (Å²) in [5.41, 5.74) is 10.4. The Labute approximate surface area is 117 Å². The molecular formula is C17H17N3. The molecule has 3 aromatic rings. The van der Waals surface area contributed by atoms with E-state index in [4.69, 9.17) is 10.7 Å². The summed E-state index contributed by atoms with van der Waals surface area (Å²) in [5.74, 6) is 2.24. The molecule has 2 atom stereocenters. The summed E-state index contributed by atoms with van der Waals surface area (Å²) in [6.45, 7) is 0.536. The molecular weight excluding hydrogens is 246 g/mol. The van der Waals surface area contributed by atoms with Crippen LogP contribution in [0.15, 0.2) is 48.5 Å². The van der Waals surface area contributed by atoms with E-state index in [0.717, 1.165) is 22.4 Å². The van der Waals surface area contributed by atoms with E-state index in [0.29, 0.717) is 18.4 Å². The molecule has 3 nitrogen and oxygen atoms in total. The van der Waals surface area contributed by atoms with Crippen LogP contribution in [0.3, 0.4) is 0 Å². The average Bonchev–Trinajstić information content (AvgIpc) is 3.19. The molecule has 100 valence electrons. The molecule has 0 spiro atoms. The largest absolute Gasteiger partial charge is 0.342 e. The molecule has 1 aliphatic rings. The molecule has 0 aliphatic heterocycles. The summed E-state index contributed by atoms with van der Waals surface area (Å²) in [4.78, 5) is 8.25. The summed E-state index contributed by atoms with van der Waals surface area (Å²) in [6.07, 6.45) is 1.18. The van der Waals surface area contributed by atoms with Crippen LogP contribution in [0.5, 0.6) is 0 Å². The summed E-state index contributed by atoms with van der Waals surface area (Å²) in [7, 11) is 0. The van der Waals surface area contributed by atoms with E-state index in [2.05, 4.69) is 47.4 Å². The number of benzene rings is 2. The van der Waals surface area contributed by atoms with Crippen molar-refractivity contribution in [1.82, 2.24) is 9.97 Å². The van der Waals surface area contributed by atoms with Crippen LogP contribution in [0.4, 0.5) is 0 Å². The molecule has 3 heteroatoms. The standard InChI is InChI=1S/C17H17N3/c18-10-12-7-4-8-15-16(12)20-17(19-15)14-9-13(14)11-5-2-1-3-6-11/h1-8,13-14H,9-10,18H2,(H,19,20). The summed E-state index contributed by atoms with van der Waals surface area (Å²) >= 11 is 0. The van der Waals surface area contributed by atoms with E-state index in [-0.39, 0.29) is 0 Å². The Bertz CT molecular complexity index is 745. The highest BCUT2D eigenvalue weighted by molar-refractivity contribution is 5.79. The highest BCUT2D eigenvalue weighted by Crippen LogP contribution is 2.53. The first-order chi connectivity index (χ1) is 9.86. The maximum absolute atomic E-state index is 5.78. The van der Waals surface area contributed by atoms with Crippen molar-refractivity contribution in [2.45, 2.75) is 24.8 Å². The highest BCUT2D eigenvalue weighted by atomic mass is 14.9. The van der Waals surface area contributed by atoms with Gasteiger partial charge in [0.2, 0.25) is 0 Å². The zero-order valence-electron chi connectivity index (χ0n) is 11.2. The molecule has 1 aliphatic carbocycles. The molecule has 3 N–H and O–H groups in total. The van der Waals surface area contributed by atoms with Crippen LogP contribution in [-0.4, -0.2) is 9.97 Å². The Kier molecular flexibility index (Phi) is 2.60. The van der Waals surface area contributed by atoms with Crippen molar-refractivity contribution in [1.29, 1.82) is 0 Å². The van der Waals surface area contributed by atoms with Crippen LogP contribution in [0, 0.1) is 0 Å². The Morgan fingerprint density at radius 3 is 2.70 bits per heavy atom. The third kappa shape index (κ3) is 1.82. The van der Waals surface area contributed by atoms with Gasteiger partial charge in [0.25, 0.3) is 0 Å². The normalized spacial score (nSPS) is 21.2. The van der Waals surface area contributed by atoms with Gasteiger partial charge >= 0.3 is 0 Å². The summed E-state index contributed by atoms with van der Waals surface area (Å²) < 4.78 is 0. The van der Waals surface area contributed by atoms with E-state index >= 15 is 0 Å². The average molecular weight is 263 g/mol. The number of H-pyrrole nitrogens is 1. The quantitative estimate of drug-likeness (QED) is 0.761. The lowest BCUT2D eigenvalue weighted by atomic mass is 10.1. The van der Waals surface area contributed by atoms with E-state index in [9.17, 15) is 0 Å². The maximum atomic E-state index is 5.78. The van der Waals surface area contributed by atoms with Crippen LogP contribution < -0.4 is 5.73 Å². The van der Waals surface area contributed by atoms with E-state index < -0.39 is 0 Å². The number of para-hydroxylation sites is 1. The predicted octanol–water partition coefficient (Wildman–Crippen LogP) is 3.29. The molecule has 0 saturated heterocycles. The number of aromatic nitrogens is 2. The van der Waals surface area contributed by atoms with E-state index in [1.165, 1.54) is 12.0 Å². The summed E-state index contributed by atoms with van der Waals surface area (Å²) in [5, 5.41) is 0. The highest BCUT2D eigenvalue weighted by Gasteiger charge is 2.41. The Morgan fingerprint density at radius 1 is 1.05 bits per heavy atom. The van der Waals surface area contributed by atoms with Gasteiger partial charge in [-0.1, -0.05) is 42.5 Å². The van der Waals surface area contributed by atoms with E-state index in [1.54, 1.807) is 0 Å². The molecule has 20 heavy (non-hydrogen) atoms. The van der Waals surface area contributed by atoms with Crippen molar-refractivity contribution < 1.29 is 0 Å². The number of fused-ring (bicyclic) bond motifs is 1. The van der Waals surface area contributed by atoms with Gasteiger partial charge in [-0.2, -0.15) is 0 Å². The topological polar surface area (TPSA) is 54.7 Å². The van der Waals surface area contributed by atoms with Gasteiger partial charge in [0.15, 0.2) is 0 Å². The molecule has 1 aromatic heterocycles. The number of aromatic amines is 1. The van der Waals surface area contributed by atoms with Gasteiger partial charge in [-0.25, -0.2) is 4.98 Å². The monoisotopic (exact) mass is 263 g/mol. The van der Waals surface area contributed by atoms with Crippen molar-refractivity contribution in [2.75, 3.05) is 0 Å². The minimum atomic E-state index is 0.524. The summed E-state index contributed by atoms with van der Waals surface area (Å²) in [6, 6.07) is 16.9. The first-order valence-corrected chi connectivity index (χ1v) is 7.09. The molecule has 1 saturated carbocycles. The van der Waals surface area contributed by atoms with Crippen molar-refractivity contribution in [3.63, 3.8) is 0 Å². The van der Waals surface area contributed by atoms with Crippen LogP contribution in [0.1, 0.15) is 35.2 Å². The third-order valence-electron chi connectivity index (χ3n) is 4.20. The van der Waals surface area contributed by atoms with Gasteiger partial charge in [0.1, 0.15) is 5.82 Å². The number of hydrogen-bond donors (Lipinski definition) is 2. The van der Waals surface area contributed by atoms with Gasteiger partial charge in [0, 0.05) is 12.5 Å². The van der Waals surface area contributed by atoms with Crippen molar-refractivity contribution >= 4 is 11.0 Å².